The van der Waals surface area contributed by atoms with Gasteiger partial charge < -0.3 is 14.6 Å². The number of rotatable bonds is 4. The number of hydrogen-bond acceptors (Lipinski definition) is 3. The Hall–Kier alpha value is -1.46. The van der Waals surface area contributed by atoms with E-state index in [2.05, 4.69) is 69.3 Å². The van der Waals surface area contributed by atoms with Crippen molar-refractivity contribution in [1.29, 1.82) is 0 Å². The van der Waals surface area contributed by atoms with E-state index >= 15 is 0 Å². The van der Waals surface area contributed by atoms with E-state index < -0.39 is 20.5 Å². The molecule has 0 aliphatic heterocycles. The van der Waals surface area contributed by atoms with Gasteiger partial charge >= 0.3 is 0 Å². The third kappa shape index (κ3) is 3.79. The fourth-order valence-corrected chi connectivity index (χ4v) is 8.95. The van der Waals surface area contributed by atoms with Crippen LogP contribution in [0.15, 0.2) is 60.7 Å². The minimum Gasteiger partial charge on any atom is -0.404 e. The first-order chi connectivity index (χ1) is 12.3. The van der Waals surface area contributed by atoms with Crippen molar-refractivity contribution in [2.24, 2.45) is 0 Å². The molecule has 3 nitrogen and oxygen atoms in total. The maximum atomic E-state index is 10.2. The second kappa shape index (κ2) is 7.65. The van der Waals surface area contributed by atoms with Crippen molar-refractivity contribution >= 4 is 18.7 Å². The summed E-state index contributed by atoms with van der Waals surface area (Å²) in [5.41, 5.74) is 0. The van der Waals surface area contributed by atoms with Crippen molar-refractivity contribution in [2.45, 2.75) is 63.4 Å². The zero-order valence-electron chi connectivity index (χ0n) is 15.9. The molecule has 0 heterocycles. The second-order valence-electron chi connectivity index (χ2n) is 8.42. The van der Waals surface area contributed by atoms with Crippen LogP contribution < -0.4 is 10.4 Å². The van der Waals surface area contributed by atoms with Crippen LogP contribution in [-0.2, 0) is 4.43 Å². The van der Waals surface area contributed by atoms with Crippen molar-refractivity contribution < 1.29 is 14.6 Å². The van der Waals surface area contributed by atoms with Gasteiger partial charge in [0.1, 0.15) is 0 Å². The quantitative estimate of drug-likeness (QED) is 0.814. The Morgan fingerprint density at radius 1 is 0.769 bits per heavy atom. The molecule has 26 heavy (non-hydrogen) atoms. The summed E-state index contributed by atoms with van der Waals surface area (Å²) in [7, 11) is -2.62. The van der Waals surface area contributed by atoms with Crippen LogP contribution in [-0.4, -0.2) is 36.8 Å². The van der Waals surface area contributed by atoms with E-state index in [0.29, 0.717) is 19.3 Å². The topological polar surface area (TPSA) is 49.7 Å². The van der Waals surface area contributed by atoms with E-state index in [1.54, 1.807) is 0 Å². The number of hydrogen-bond donors (Lipinski definition) is 2. The highest BCUT2D eigenvalue weighted by Crippen LogP contribution is 2.39. The molecular formula is C22H30O3Si. The Morgan fingerprint density at radius 2 is 1.19 bits per heavy atom. The molecule has 0 saturated heterocycles. The Balaban J connectivity index is 2.11. The van der Waals surface area contributed by atoms with Gasteiger partial charge in [0.05, 0.1) is 18.3 Å². The molecule has 2 aromatic carbocycles. The highest BCUT2D eigenvalue weighted by molar-refractivity contribution is 6.99. The average Bonchev–Trinajstić information content (AvgIpc) is 2.59. The van der Waals surface area contributed by atoms with Crippen LogP contribution in [0.1, 0.15) is 40.0 Å². The van der Waals surface area contributed by atoms with Crippen LogP contribution in [0.2, 0.25) is 5.04 Å². The molecule has 2 N–H and O–H groups in total. The Kier molecular flexibility index (Phi) is 5.68. The van der Waals surface area contributed by atoms with Crippen molar-refractivity contribution in [3.8, 4) is 0 Å². The second-order valence-corrected chi connectivity index (χ2v) is 12.7. The predicted molar refractivity (Wildman–Crippen MR) is 108 cm³/mol. The summed E-state index contributed by atoms with van der Waals surface area (Å²) in [6.07, 6.45) is 0.480. The molecule has 3 rings (SSSR count). The molecule has 140 valence electrons. The average molecular weight is 371 g/mol. The summed E-state index contributed by atoms with van der Waals surface area (Å²) in [5, 5.41) is 22.7. The van der Waals surface area contributed by atoms with Crippen LogP contribution in [0, 0.1) is 0 Å². The molecule has 0 spiro atoms. The molecule has 1 saturated carbocycles. The highest BCUT2D eigenvalue weighted by atomic mass is 28.4. The third-order valence-electron chi connectivity index (χ3n) is 5.37. The van der Waals surface area contributed by atoms with Gasteiger partial charge in [-0.25, -0.2) is 0 Å². The SMILES string of the molecule is CC(C)(C)[Si](OC1CC(O)CC(O)C1)(c1ccccc1)c1ccccc1. The summed E-state index contributed by atoms with van der Waals surface area (Å²) < 4.78 is 6.98. The van der Waals surface area contributed by atoms with Crippen molar-refractivity contribution in [2.75, 3.05) is 0 Å². The van der Waals surface area contributed by atoms with Crippen LogP contribution in [0.4, 0.5) is 0 Å². The van der Waals surface area contributed by atoms with E-state index in [-0.39, 0.29) is 11.1 Å². The van der Waals surface area contributed by atoms with Gasteiger partial charge in [-0.1, -0.05) is 81.4 Å². The Bertz CT molecular complexity index is 647. The van der Waals surface area contributed by atoms with Crippen molar-refractivity contribution in [3.63, 3.8) is 0 Å². The molecule has 0 amide bonds. The lowest BCUT2D eigenvalue weighted by atomic mass is 9.93. The smallest absolute Gasteiger partial charge is 0.261 e. The normalized spacial score (nSPS) is 24.4. The highest BCUT2D eigenvalue weighted by Gasteiger charge is 2.52. The Morgan fingerprint density at radius 3 is 1.58 bits per heavy atom. The molecule has 1 aliphatic carbocycles. The van der Waals surface area contributed by atoms with Crippen molar-refractivity contribution in [3.05, 3.63) is 60.7 Å². The van der Waals surface area contributed by atoms with E-state index in [0.717, 1.165) is 0 Å². The van der Waals surface area contributed by atoms with E-state index in [9.17, 15) is 10.2 Å². The summed E-state index contributed by atoms with van der Waals surface area (Å²) in [4.78, 5) is 0. The van der Waals surface area contributed by atoms with Crippen LogP contribution >= 0.6 is 0 Å². The first-order valence-corrected chi connectivity index (χ1v) is 11.4. The fourth-order valence-electron chi connectivity index (χ4n) is 4.25. The molecule has 2 unspecified atom stereocenters. The van der Waals surface area contributed by atoms with Gasteiger partial charge in [0.2, 0.25) is 0 Å². The minimum absolute atomic E-state index is 0.0942. The number of benzene rings is 2. The lowest BCUT2D eigenvalue weighted by molar-refractivity contribution is -0.0187. The molecule has 2 aromatic rings. The Labute approximate surface area is 157 Å². The summed E-state index contributed by atoms with van der Waals surface area (Å²) in [5.74, 6) is 0. The van der Waals surface area contributed by atoms with E-state index in [4.69, 9.17) is 4.43 Å². The molecule has 2 atom stereocenters. The van der Waals surface area contributed by atoms with Crippen LogP contribution in [0.25, 0.3) is 0 Å². The van der Waals surface area contributed by atoms with Gasteiger partial charge in [0.25, 0.3) is 8.32 Å². The van der Waals surface area contributed by atoms with Gasteiger partial charge in [0, 0.05) is 0 Å². The summed E-state index contributed by atoms with van der Waals surface area (Å²) in [6.45, 7) is 6.73. The third-order valence-corrected chi connectivity index (χ3v) is 10.5. The molecular weight excluding hydrogens is 340 g/mol. The fraction of sp³-hybridized carbons (Fsp3) is 0.455. The van der Waals surface area contributed by atoms with E-state index in [1.165, 1.54) is 10.4 Å². The molecule has 0 radical (unpaired) electrons. The van der Waals surface area contributed by atoms with Gasteiger partial charge in [0.15, 0.2) is 0 Å². The molecule has 4 heteroatoms. The molecule has 1 aliphatic rings. The summed E-state index contributed by atoms with van der Waals surface area (Å²) >= 11 is 0. The van der Waals surface area contributed by atoms with Gasteiger partial charge in [-0.05, 0) is 34.7 Å². The maximum Gasteiger partial charge on any atom is 0.261 e. The molecule has 0 bridgehead atoms. The monoisotopic (exact) mass is 370 g/mol. The zero-order valence-corrected chi connectivity index (χ0v) is 16.9. The van der Waals surface area contributed by atoms with Crippen molar-refractivity contribution in [1.82, 2.24) is 0 Å². The maximum absolute atomic E-state index is 10.2. The molecule has 0 aromatic heterocycles. The van der Waals surface area contributed by atoms with Crippen LogP contribution in [0.5, 0.6) is 0 Å². The van der Waals surface area contributed by atoms with Gasteiger partial charge in [-0.3, -0.25) is 0 Å². The molecule has 1 fully saturated rings. The first kappa shape index (κ1) is 19.3. The standard InChI is InChI=1S/C22H30O3Si/c1-22(2,3)26(20-10-6-4-7-11-20,21-12-8-5-9-13-21)25-19-15-17(23)14-18(24)16-19/h4-13,17-19,23-24H,14-16H2,1-3H3. The summed E-state index contributed by atoms with van der Waals surface area (Å²) in [6, 6.07) is 21.0. The minimum atomic E-state index is -2.62. The van der Waals surface area contributed by atoms with Gasteiger partial charge in [-0.15, -0.1) is 0 Å². The lowest BCUT2D eigenvalue weighted by Crippen LogP contribution is -2.68. The largest absolute Gasteiger partial charge is 0.404 e. The number of aliphatic hydroxyl groups is 2. The first-order valence-electron chi connectivity index (χ1n) is 9.48. The van der Waals surface area contributed by atoms with E-state index in [1.807, 2.05) is 12.1 Å². The van der Waals surface area contributed by atoms with Gasteiger partial charge in [-0.2, -0.15) is 0 Å². The number of aliphatic hydroxyl groups excluding tert-OH is 2. The zero-order chi connectivity index (χ0) is 18.8. The van der Waals surface area contributed by atoms with Crippen LogP contribution in [0.3, 0.4) is 0 Å². The predicted octanol–water partition coefficient (Wildman–Crippen LogP) is 2.84. The lowest BCUT2D eigenvalue weighted by Gasteiger charge is -2.46.